The van der Waals surface area contributed by atoms with E-state index in [1.54, 1.807) is 45.9 Å². The van der Waals surface area contributed by atoms with Crippen molar-refractivity contribution < 1.29 is 13.9 Å². The summed E-state index contributed by atoms with van der Waals surface area (Å²) in [5.41, 5.74) is -0.884. The minimum Gasteiger partial charge on any atom is -0.444 e. The van der Waals surface area contributed by atoms with E-state index >= 15 is 0 Å². The van der Waals surface area contributed by atoms with E-state index in [4.69, 9.17) is 4.74 Å². The molecule has 8 nitrogen and oxygen atoms in total. The van der Waals surface area contributed by atoms with Crippen LogP contribution in [0.2, 0.25) is 0 Å². The molecule has 32 heavy (non-hydrogen) atoms. The van der Waals surface area contributed by atoms with Crippen molar-refractivity contribution in [2.75, 3.05) is 0 Å². The van der Waals surface area contributed by atoms with Gasteiger partial charge in [-0.1, -0.05) is 6.07 Å². The Labute approximate surface area is 183 Å². The van der Waals surface area contributed by atoms with Crippen LogP contribution in [0.15, 0.2) is 41.2 Å². The third-order valence-electron chi connectivity index (χ3n) is 4.44. The van der Waals surface area contributed by atoms with Crippen LogP contribution in [0.1, 0.15) is 50.7 Å². The normalized spacial score (nSPS) is 12.0. The Morgan fingerprint density at radius 2 is 1.94 bits per heavy atom. The van der Waals surface area contributed by atoms with Crippen molar-refractivity contribution >= 4 is 17.0 Å². The number of halogens is 1. The topological polar surface area (TPSA) is 121 Å². The minimum atomic E-state index is -0.829. The van der Waals surface area contributed by atoms with E-state index in [2.05, 4.69) is 10.3 Å². The molecule has 0 radical (unpaired) electrons. The second-order valence-corrected chi connectivity index (χ2v) is 8.10. The number of fused-ring (bicyclic) bond motifs is 1. The maximum absolute atomic E-state index is 14.1. The van der Waals surface area contributed by atoms with Gasteiger partial charge in [-0.25, -0.2) is 14.2 Å². The molecule has 0 aliphatic rings. The van der Waals surface area contributed by atoms with E-state index in [9.17, 15) is 24.5 Å². The number of amides is 1. The Kier molecular flexibility index (Phi) is 5.95. The van der Waals surface area contributed by atoms with Gasteiger partial charge in [-0.15, -0.1) is 0 Å². The van der Waals surface area contributed by atoms with E-state index in [0.717, 1.165) is 12.1 Å². The molecule has 0 spiro atoms. The van der Waals surface area contributed by atoms with Crippen LogP contribution < -0.4 is 10.9 Å². The molecule has 162 valence electrons. The lowest BCUT2D eigenvalue weighted by atomic mass is 10.1. The van der Waals surface area contributed by atoms with Gasteiger partial charge in [-0.3, -0.25) is 9.36 Å². The molecule has 0 bridgehead atoms. The van der Waals surface area contributed by atoms with Gasteiger partial charge >= 0.3 is 6.09 Å². The van der Waals surface area contributed by atoms with E-state index < -0.39 is 29.1 Å². The van der Waals surface area contributed by atoms with Crippen LogP contribution in [0, 0.1) is 28.5 Å². The standard InChI is InChI=1S/C23H20FN5O3/c1-13(27-22(31)32-23(2,3)4)20-28-19-15(12-26)9-16(24)10-18(19)21(30)29(20)17-7-5-6-14(8-17)11-25/h5-10,13H,1-4H3,(H,27,31)/t13-/m0/s1. The molecular formula is C23H20FN5O3. The van der Waals surface area contributed by atoms with Crippen LogP contribution in [0.4, 0.5) is 9.18 Å². The van der Waals surface area contributed by atoms with Gasteiger partial charge in [0.15, 0.2) is 0 Å². The van der Waals surface area contributed by atoms with Crippen molar-refractivity contribution in [1.29, 1.82) is 10.5 Å². The molecule has 1 atom stereocenters. The fraction of sp³-hybridized carbons (Fsp3) is 0.261. The van der Waals surface area contributed by atoms with Crippen molar-refractivity contribution in [2.24, 2.45) is 0 Å². The number of nitrogens with zero attached hydrogens (tertiary/aromatic N) is 4. The molecular weight excluding hydrogens is 413 g/mol. The summed E-state index contributed by atoms with van der Waals surface area (Å²) in [6.45, 7) is 6.73. The van der Waals surface area contributed by atoms with Crippen LogP contribution >= 0.6 is 0 Å². The molecule has 0 aliphatic carbocycles. The number of ether oxygens (including phenoxy) is 1. The zero-order chi connectivity index (χ0) is 23.6. The number of aromatic nitrogens is 2. The van der Waals surface area contributed by atoms with E-state index in [0.29, 0.717) is 11.3 Å². The molecule has 0 aliphatic heterocycles. The van der Waals surface area contributed by atoms with Gasteiger partial charge in [-0.05, 0) is 58.0 Å². The summed E-state index contributed by atoms with van der Waals surface area (Å²) in [5, 5.41) is 21.2. The number of hydrogen-bond donors (Lipinski definition) is 1. The summed E-state index contributed by atoms with van der Waals surface area (Å²) >= 11 is 0. The van der Waals surface area contributed by atoms with Crippen LogP contribution in [0.3, 0.4) is 0 Å². The molecule has 9 heteroatoms. The Balaban J connectivity index is 2.28. The highest BCUT2D eigenvalue weighted by molar-refractivity contribution is 5.84. The van der Waals surface area contributed by atoms with E-state index in [1.807, 2.05) is 12.1 Å². The predicted octanol–water partition coefficient (Wildman–Crippen LogP) is 3.85. The Morgan fingerprint density at radius 3 is 2.56 bits per heavy atom. The van der Waals surface area contributed by atoms with Crippen LogP contribution in [-0.4, -0.2) is 21.2 Å². The molecule has 0 unspecified atom stereocenters. The van der Waals surface area contributed by atoms with Gasteiger partial charge in [0, 0.05) is 0 Å². The molecule has 3 aromatic rings. The van der Waals surface area contributed by atoms with E-state index in [1.165, 1.54) is 10.6 Å². The van der Waals surface area contributed by atoms with Crippen LogP contribution in [0.5, 0.6) is 0 Å². The number of nitrogens with one attached hydrogen (secondary N) is 1. The highest BCUT2D eigenvalue weighted by atomic mass is 19.1. The van der Waals surface area contributed by atoms with Crippen molar-refractivity contribution in [3.63, 3.8) is 0 Å². The maximum atomic E-state index is 14.1. The average molecular weight is 433 g/mol. The maximum Gasteiger partial charge on any atom is 0.408 e. The lowest BCUT2D eigenvalue weighted by molar-refractivity contribution is 0.0505. The van der Waals surface area contributed by atoms with Crippen molar-refractivity contribution in [1.82, 2.24) is 14.9 Å². The highest BCUT2D eigenvalue weighted by Gasteiger charge is 2.24. The summed E-state index contributed by atoms with van der Waals surface area (Å²) in [7, 11) is 0. The Morgan fingerprint density at radius 1 is 1.22 bits per heavy atom. The Bertz CT molecular complexity index is 1360. The SMILES string of the molecule is C[C@H](NC(=O)OC(C)(C)C)c1nc2c(C#N)cc(F)cc2c(=O)n1-c1cccc(C#N)c1. The predicted molar refractivity (Wildman–Crippen MR) is 115 cm³/mol. The molecule has 1 amide bonds. The van der Waals surface area contributed by atoms with Gasteiger partial charge in [0.2, 0.25) is 0 Å². The summed E-state index contributed by atoms with van der Waals surface area (Å²) in [5.74, 6) is -0.662. The first-order valence-corrected chi connectivity index (χ1v) is 9.70. The quantitative estimate of drug-likeness (QED) is 0.670. The summed E-state index contributed by atoms with van der Waals surface area (Å²) in [6, 6.07) is 11.2. The number of benzene rings is 2. The molecule has 1 heterocycles. The lowest BCUT2D eigenvalue weighted by Gasteiger charge is -2.23. The lowest BCUT2D eigenvalue weighted by Crippen LogP contribution is -2.37. The summed E-state index contributed by atoms with van der Waals surface area (Å²) < 4.78 is 20.5. The average Bonchev–Trinajstić information content (AvgIpc) is 2.72. The summed E-state index contributed by atoms with van der Waals surface area (Å²) in [4.78, 5) is 30.2. The third kappa shape index (κ3) is 4.57. The minimum absolute atomic E-state index is 0.0134. The number of alkyl carbamates (subject to hydrolysis) is 1. The number of carbonyl (C=O) groups is 1. The van der Waals surface area contributed by atoms with Crippen molar-refractivity contribution in [2.45, 2.75) is 39.3 Å². The number of nitriles is 2. The fourth-order valence-electron chi connectivity index (χ4n) is 3.16. The summed E-state index contributed by atoms with van der Waals surface area (Å²) in [6.07, 6.45) is -0.726. The fourth-order valence-corrected chi connectivity index (χ4v) is 3.16. The Hall–Kier alpha value is -4.24. The highest BCUT2D eigenvalue weighted by Crippen LogP contribution is 2.22. The van der Waals surface area contributed by atoms with Gasteiger partial charge in [0.05, 0.1) is 39.8 Å². The van der Waals surface area contributed by atoms with Crippen LogP contribution in [0.25, 0.3) is 16.6 Å². The van der Waals surface area contributed by atoms with Gasteiger partial charge in [-0.2, -0.15) is 10.5 Å². The molecule has 1 N–H and O–H groups in total. The van der Waals surface area contributed by atoms with Crippen molar-refractivity contribution in [3.05, 3.63) is 69.5 Å². The largest absolute Gasteiger partial charge is 0.444 e. The van der Waals surface area contributed by atoms with Gasteiger partial charge in [0.25, 0.3) is 5.56 Å². The van der Waals surface area contributed by atoms with E-state index in [-0.39, 0.29) is 22.3 Å². The molecule has 2 aromatic carbocycles. The first-order chi connectivity index (χ1) is 15.0. The van der Waals surface area contributed by atoms with Gasteiger partial charge < -0.3 is 10.1 Å². The van der Waals surface area contributed by atoms with Crippen molar-refractivity contribution in [3.8, 4) is 17.8 Å². The number of rotatable bonds is 3. The number of hydrogen-bond acceptors (Lipinski definition) is 6. The second kappa shape index (κ2) is 8.48. The molecule has 0 saturated carbocycles. The number of carbonyl (C=O) groups excluding carboxylic acids is 1. The first kappa shape index (κ1) is 22.4. The molecule has 0 fully saturated rings. The zero-order valence-corrected chi connectivity index (χ0v) is 17.9. The first-order valence-electron chi connectivity index (χ1n) is 9.70. The molecule has 0 saturated heterocycles. The van der Waals surface area contributed by atoms with Gasteiger partial charge in [0.1, 0.15) is 23.3 Å². The van der Waals surface area contributed by atoms with Crippen LogP contribution in [-0.2, 0) is 4.74 Å². The molecule has 1 aromatic heterocycles. The third-order valence-corrected chi connectivity index (χ3v) is 4.44. The monoisotopic (exact) mass is 433 g/mol. The molecule has 3 rings (SSSR count). The zero-order valence-electron chi connectivity index (χ0n) is 17.9. The smallest absolute Gasteiger partial charge is 0.408 e. The second-order valence-electron chi connectivity index (χ2n) is 8.10.